The van der Waals surface area contributed by atoms with Crippen LogP contribution in [0.1, 0.15) is 36.5 Å². The molecule has 7 nitrogen and oxygen atoms in total. The van der Waals surface area contributed by atoms with E-state index >= 15 is 0 Å². The van der Waals surface area contributed by atoms with Crippen molar-refractivity contribution >= 4 is 27.5 Å². The van der Waals surface area contributed by atoms with Crippen LogP contribution in [0.2, 0.25) is 0 Å². The lowest BCUT2D eigenvalue weighted by atomic mass is 10.1. The van der Waals surface area contributed by atoms with E-state index in [1.54, 1.807) is 37.3 Å². The fraction of sp³-hybridized carbons (Fsp3) is 0.500. The number of nitrogens with zero attached hydrogens (tertiary/aromatic N) is 1. The van der Waals surface area contributed by atoms with Gasteiger partial charge in [0.2, 0.25) is 0 Å². The molecule has 1 unspecified atom stereocenters. The topological polar surface area (TPSA) is 97.8 Å². The predicted octanol–water partition coefficient (Wildman–Crippen LogP) is 1.23. The van der Waals surface area contributed by atoms with Crippen LogP contribution < -0.4 is 0 Å². The van der Waals surface area contributed by atoms with Gasteiger partial charge in [-0.15, -0.1) is 0 Å². The minimum Gasteiger partial charge on any atom is -0.456 e. The lowest BCUT2D eigenvalue weighted by molar-refractivity contribution is -0.152. The summed E-state index contributed by atoms with van der Waals surface area (Å²) in [4.78, 5) is 37.4. The van der Waals surface area contributed by atoms with Crippen LogP contribution in [0, 0.1) is 0 Å². The summed E-state index contributed by atoms with van der Waals surface area (Å²) in [5.41, 5.74) is 0.524. The zero-order valence-corrected chi connectivity index (χ0v) is 15.5. The van der Waals surface area contributed by atoms with Crippen LogP contribution in [0.5, 0.6) is 0 Å². The predicted molar refractivity (Wildman–Crippen MR) is 95.4 cm³/mol. The molecule has 1 aromatic rings. The zero-order valence-electron chi connectivity index (χ0n) is 14.7. The molecule has 0 saturated carbocycles. The Morgan fingerprint density at radius 1 is 1.15 bits per heavy atom. The largest absolute Gasteiger partial charge is 0.456 e. The van der Waals surface area contributed by atoms with Gasteiger partial charge < -0.3 is 9.64 Å². The summed E-state index contributed by atoms with van der Waals surface area (Å²) >= 11 is 0. The number of hydrogen-bond acceptors (Lipinski definition) is 6. The fourth-order valence-corrected chi connectivity index (χ4v) is 4.67. The molecule has 1 heterocycles. The van der Waals surface area contributed by atoms with E-state index in [4.69, 9.17) is 4.74 Å². The van der Waals surface area contributed by atoms with Gasteiger partial charge in [0, 0.05) is 24.6 Å². The highest BCUT2D eigenvalue weighted by atomic mass is 32.2. The molecule has 1 aliphatic rings. The smallest absolute Gasteiger partial charge is 0.306 e. The van der Waals surface area contributed by atoms with Crippen LogP contribution in [0.3, 0.4) is 0 Å². The minimum absolute atomic E-state index is 0.00932. The standard InChI is InChI=1S/C18H23NO6S/c1-2-19(15-10-11-26(23,24)13-15)17(21)12-25-18(22)9-8-16(20)14-6-4-3-5-7-14/h3-7,15H,2,8-13H2,1H3. The molecule has 2 rings (SSSR count). The summed E-state index contributed by atoms with van der Waals surface area (Å²) in [6, 6.07) is 8.26. The number of amides is 1. The lowest BCUT2D eigenvalue weighted by Gasteiger charge is -2.26. The van der Waals surface area contributed by atoms with Gasteiger partial charge in [0.15, 0.2) is 22.2 Å². The van der Waals surface area contributed by atoms with Crippen molar-refractivity contribution in [3.8, 4) is 0 Å². The Kier molecular flexibility index (Phi) is 6.90. The molecule has 142 valence electrons. The zero-order chi connectivity index (χ0) is 19.2. The summed E-state index contributed by atoms with van der Waals surface area (Å²) in [6.07, 6.45) is 0.307. The number of benzene rings is 1. The highest BCUT2D eigenvalue weighted by Gasteiger charge is 2.34. The van der Waals surface area contributed by atoms with Crippen LogP contribution >= 0.6 is 0 Å². The van der Waals surface area contributed by atoms with Crippen LogP contribution in [-0.2, 0) is 24.2 Å². The first-order valence-corrected chi connectivity index (χ1v) is 10.4. The average Bonchev–Trinajstić information content (AvgIpc) is 2.98. The third kappa shape index (κ3) is 5.66. The number of hydrogen-bond donors (Lipinski definition) is 0. The molecular weight excluding hydrogens is 358 g/mol. The summed E-state index contributed by atoms with van der Waals surface area (Å²) in [7, 11) is -3.10. The number of carbonyl (C=O) groups is 3. The van der Waals surface area contributed by atoms with Crippen molar-refractivity contribution in [1.82, 2.24) is 4.90 Å². The maximum atomic E-state index is 12.2. The number of esters is 1. The van der Waals surface area contributed by atoms with Gasteiger partial charge in [0.1, 0.15) is 0 Å². The maximum Gasteiger partial charge on any atom is 0.306 e. The van der Waals surface area contributed by atoms with Gasteiger partial charge in [-0.25, -0.2) is 8.42 Å². The highest BCUT2D eigenvalue weighted by Crippen LogP contribution is 2.18. The molecule has 0 radical (unpaired) electrons. The Labute approximate surface area is 153 Å². The van der Waals surface area contributed by atoms with E-state index in [1.165, 1.54) is 4.90 Å². The monoisotopic (exact) mass is 381 g/mol. The van der Waals surface area contributed by atoms with Crippen molar-refractivity contribution in [2.45, 2.75) is 32.2 Å². The van der Waals surface area contributed by atoms with Crippen molar-refractivity contribution in [1.29, 1.82) is 0 Å². The second kappa shape index (κ2) is 8.93. The van der Waals surface area contributed by atoms with Gasteiger partial charge in [-0.2, -0.15) is 0 Å². The Hall–Kier alpha value is -2.22. The van der Waals surface area contributed by atoms with Gasteiger partial charge in [0.05, 0.1) is 17.9 Å². The number of rotatable bonds is 8. The molecule has 1 fully saturated rings. The molecule has 1 aromatic carbocycles. The van der Waals surface area contributed by atoms with E-state index in [0.29, 0.717) is 18.5 Å². The van der Waals surface area contributed by atoms with Crippen LogP contribution in [0.4, 0.5) is 0 Å². The highest BCUT2D eigenvalue weighted by molar-refractivity contribution is 7.91. The number of Topliss-reactive ketones (excluding diaryl/α,β-unsaturated/α-hetero) is 1. The SMILES string of the molecule is CCN(C(=O)COC(=O)CCC(=O)c1ccccc1)C1CCS(=O)(=O)C1. The van der Waals surface area contributed by atoms with Gasteiger partial charge in [0.25, 0.3) is 5.91 Å². The molecule has 1 atom stereocenters. The first-order valence-electron chi connectivity index (χ1n) is 8.56. The number of ketones is 1. The van der Waals surface area contributed by atoms with Crippen molar-refractivity contribution in [2.75, 3.05) is 24.7 Å². The molecule has 0 aliphatic carbocycles. The lowest BCUT2D eigenvalue weighted by Crippen LogP contribution is -2.43. The summed E-state index contributed by atoms with van der Waals surface area (Å²) in [5, 5.41) is 0. The number of sulfone groups is 1. The Morgan fingerprint density at radius 3 is 2.42 bits per heavy atom. The van der Waals surface area contributed by atoms with Gasteiger partial charge >= 0.3 is 5.97 Å². The maximum absolute atomic E-state index is 12.2. The van der Waals surface area contributed by atoms with Crippen molar-refractivity contribution < 1.29 is 27.5 Å². The summed E-state index contributed by atoms with van der Waals surface area (Å²) < 4.78 is 28.1. The summed E-state index contributed by atoms with van der Waals surface area (Å²) in [5.74, 6) is -1.19. The second-order valence-corrected chi connectivity index (χ2v) is 8.42. The van der Waals surface area contributed by atoms with Gasteiger partial charge in [-0.1, -0.05) is 30.3 Å². The fourth-order valence-electron chi connectivity index (χ4n) is 2.94. The van der Waals surface area contributed by atoms with E-state index in [2.05, 4.69) is 0 Å². The minimum atomic E-state index is -3.10. The number of carbonyl (C=O) groups excluding carboxylic acids is 3. The van der Waals surface area contributed by atoms with Gasteiger partial charge in [-0.05, 0) is 13.3 Å². The number of ether oxygens (including phenoxy) is 1. The van der Waals surface area contributed by atoms with E-state index < -0.39 is 28.3 Å². The molecule has 8 heteroatoms. The first kappa shape index (κ1) is 20.1. The Bertz CT molecular complexity index is 759. The molecule has 1 aliphatic heterocycles. The van der Waals surface area contributed by atoms with E-state index in [9.17, 15) is 22.8 Å². The molecular formula is C18H23NO6S. The number of likely N-dealkylation sites (N-methyl/N-ethyl adjacent to an activating group) is 1. The van der Waals surface area contributed by atoms with Crippen LogP contribution in [-0.4, -0.2) is 61.7 Å². The van der Waals surface area contributed by atoms with Gasteiger partial charge in [-0.3, -0.25) is 14.4 Å². The molecule has 26 heavy (non-hydrogen) atoms. The normalized spacial score (nSPS) is 18.3. The second-order valence-electron chi connectivity index (χ2n) is 6.19. The Balaban J connectivity index is 1.77. The quantitative estimate of drug-likeness (QED) is 0.496. The van der Waals surface area contributed by atoms with E-state index in [0.717, 1.165) is 0 Å². The molecule has 0 N–H and O–H groups in total. The Morgan fingerprint density at radius 2 is 1.85 bits per heavy atom. The molecule has 0 spiro atoms. The molecule has 0 aromatic heterocycles. The van der Waals surface area contributed by atoms with Crippen LogP contribution in [0.15, 0.2) is 30.3 Å². The summed E-state index contributed by atoms with van der Waals surface area (Å²) in [6.45, 7) is 1.66. The van der Waals surface area contributed by atoms with E-state index in [1.807, 2.05) is 0 Å². The molecule has 1 amide bonds. The molecule has 1 saturated heterocycles. The van der Waals surface area contributed by atoms with Crippen LogP contribution in [0.25, 0.3) is 0 Å². The third-order valence-electron chi connectivity index (χ3n) is 4.32. The van der Waals surface area contributed by atoms with Crippen molar-refractivity contribution in [3.05, 3.63) is 35.9 Å². The van der Waals surface area contributed by atoms with Crippen molar-refractivity contribution in [2.24, 2.45) is 0 Å². The molecule has 0 bridgehead atoms. The first-order chi connectivity index (χ1) is 12.3. The average molecular weight is 381 g/mol. The van der Waals surface area contributed by atoms with E-state index in [-0.39, 0.29) is 36.2 Å². The van der Waals surface area contributed by atoms with Crippen molar-refractivity contribution in [3.63, 3.8) is 0 Å². The third-order valence-corrected chi connectivity index (χ3v) is 6.07.